The van der Waals surface area contributed by atoms with Crippen LogP contribution in [-0.4, -0.2) is 9.97 Å². The third-order valence-electron chi connectivity index (χ3n) is 2.48. The lowest BCUT2D eigenvalue weighted by Crippen LogP contribution is -2.04. The molecule has 0 saturated carbocycles. The summed E-state index contributed by atoms with van der Waals surface area (Å²) in [5.74, 6) is 1.74. The first-order valence-corrected chi connectivity index (χ1v) is 6.06. The van der Waals surface area contributed by atoms with Crippen LogP contribution in [0.5, 0.6) is 0 Å². The van der Waals surface area contributed by atoms with Gasteiger partial charge in [-0.15, -0.1) is 0 Å². The Bertz CT molecular complexity index is 599. The SMILES string of the molecule is Cc1nc(N)c(C)c(Nc2ccc(Cl)c(Cl)c2)n1. The fourth-order valence-electron chi connectivity index (χ4n) is 1.48. The number of halogens is 2. The van der Waals surface area contributed by atoms with Crippen LogP contribution in [0.25, 0.3) is 0 Å². The summed E-state index contributed by atoms with van der Waals surface area (Å²) in [5.41, 5.74) is 7.38. The Balaban J connectivity index is 2.36. The van der Waals surface area contributed by atoms with Crippen molar-refractivity contribution in [1.82, 2.24) is 9.97 Å². The number of hydrogen-bond donors (Lipinski definition) is 2. The highest BCUT2D eigenvalue weighted by molar-refractivity contribution is 6.42. The third-order valence-corrected chi connectivity index (χ3v) is 3.22. The second-order valence-corrected chi connectivity index (χ2v) is 4.70. The molecule has 2 aromatic rings. The Morgan fingerprint density at radius 1 is 1.11 bits per heavy atom. The molecule has 94 valence electrons. The monoisotopic (exact) mass is 282 g/mol. The molecular formula is C12H12Cl2N4. The first kappa shape index (κ1) is 12.9. The van der Waals surface area contributed by atoms with Gasteiger partial charge in [-0.05, 0) is 32.0 Å². The summed E-state index contributed by atoms with van der Waals surface area (Å²) >= 11 is 11.8. The van der Waals surface area contributed by atoms with E-state index in [1.165, 1.54) is 0 Å². The summed E-state index contributed by atoms with van der Waals surface area (Å²) in [6.07, 6.45) is 0. The number of nitrogens with two attached hydrogens (primary N) is 1. The number of nitrogen functional groups attached to an aromatic ring is 1. The van der Waals surface area contributed by atoms with Crippen molar-refractivity contribution in [1.29, 1.82) is 0 Å². The summed E-state index contributed by atoms with van der Waals surface area (Å²) in [6.45, 7) is 3.64. The molecule has 0 amide bonds. The van der Waals surface area contributed by atoms with Crippen LogP contribution in [0, 0.1) is 13.8 Å². The molecule has 0 spiro atoms. The van der Waals surface area contributed by atoms with Crippen LogP contribution < -0.4 is 11.1 Å². The Labute approximate surface area is 115 Å². The summed E-state index contributed by atoms with van der Waals surface area (Å²) in [7, 11) is 0. The van der Waals surface area contributed by atoms with Gasteiger partial charge in [0.25, 0.3) is 0 Å². The zero-order valence-electron chi connectivity index (χ0n) is 9.96. The lowest BCUT2D eigenvalue weighted by atomic mass is 10.2. The van der Waals surface area contributed by atoms with Crippen molar-refractivity contribution in [3.63, 3.8) is 0 Å². The highest BCUT2D eigenvalue weighted by Gasteiger charge is 2.07. The van der Waals surface area contributed by atoms with Crippen molar-refractivity contribution < 1.29 is 0 Å². The molecule has 1 heterocycles. The molecule has 3 N–H and O–H groups in total. The van der Waals surface area contributed by atoms with Gasteiger partial charge in [0.2, 0.25) is 0 Å². The minimum absolute atomic E-state index is 0.463. The first-order valence-electron chi connectivity index (χ1n) is 5.30. The van der Waals surface area contributed by atoms with Gasteiger partial charge in [-0.1, -0.05) is 23.2 Å². The molecular weight excluding hydrogens is 271 g/mol. The second-order valence-electron chi connectivity index (χ2n) is 3.88. The summed E-state index contributed by atoms with van der Waals surface area (Å²) < 4.78 is 0. The standard InChI is InChI=1S/C12H12Cl2N4/c1-6-11(15)16-7(2)17-12(6)18-8-3-4-9(13)10(14)5-8/h3-5H,1-2H3,(H3,15,16,17,18). The van der Waals surface area contributed by atoms with Crippen molar-refractivity contribution in [2.24, 2.45) is 0 Å². The van der Waals surface area contributed by atoms with Gasteiger partial charge >= 0.3 is 0 Å². The van der Waals surface area contributed by atoms with Gasteiger partial charge in [-0.3, -0.25) is 0 Å². The lowest BCUT2D eigenvalue weighted by Gasteiger charge is -2.11. The van der Waals surface area contributed by atoms with Crippen LogP contribution >= 0.6 is 23.2 Å². The highest BCUT2D eigenvalue weighted by Crippen LogP contribution is 2.28. The predicted molar refractivity (Wildman–Crippen MR) is 75.7 cm³/mol. The molecule has 1 aromatic carbocycles. The van der Waals surface area contributed by atoms with Gasteiger partial charge in [-0.25, -0.2) is 9.97 Å². The van der Waals surface area contributed by atoms with Gasteiger partial charge < -0.3 is 11.1 Å². The van der Waals surface area contributed by atoms with Crippen LogP contribution in [0.3, 0.4) is 0 Å². The van der Waals surface area contributed by atoms with E-state index in [0.29, 0.717) is 27.5 Å². The van der Waals surface area contributed by atoms with Crippen molar-refractivity contribution in [3.8, 4) is 0 Å². The smallest absolute Gasteiger partial charge is 0.139 e. The van der Waals surface area contributed by atoms with E-state index < -0.39 is 0 Å². The number of nitrogens with zero attached hydrogens (tertiary/aromatic N) is 2. The molecule has 2 rings (SSSR count). The average molecular weight is 283 g/mol. The Hall–Kier alpha value is -1.52. The summed E-state index contributed by atoms with van der Waals surface area (Å²) in [5, 5.41) is 4.14. The molecule has 0 bridgehead atoms. The quantitative estimate of drug-likeness (QED) is 0.881. The number of aromatic nitrogens is 2. The fraction of sp³-hybridized carbons (Fsp3) is 0.167. The summed E-state index contributed by atoms with van der Waals surface area (Å²) in [4.78, 5) is 8.39. The Morgan fingerprint density at radius 3 is 2.50 bits per heavy atom. The maximum Gasteiger partial charge on any atom is 0.139 e. The molecule has 6 heteroatoms. The topological polar surface area (TPSA) is 63.8 Å². The third kappa shape index (κ3) is 2.66. The largest absolute Gasteiger partial charge is 0.383 e. The van der Waals surface area contributed by atoms with E-state index in [0.717, 1.165) is 11.3 Å². The fourth-order valence-corrected chi connectivity index (χ4v) is 1.78. The zero-order chi connectivity index (χ0) is 13.3. The second kappa shape index (κ2) is 5.00. The van der Waals surface area contributed by atoms with Gasteiger partial charge in [0.1, 0.15) is 17.5 Å². The van der Waals surface area contributed by atoms with Crippen molar-refractivity contribution in [2.45, 2.75) is 13.8 Å². The normalized spacial score (nSPS) is 10.4. The number of hydrogen-bond acceptors (Lipinski definition) is 4. The van der Waals surface area contributed by atoms with E-state index >= 15 is 0 Å². The van der Waals surface area contributed by atoms with Gasteiger partial charge in [-0.2, -0.15) is 0 Å². The van der Waals surface area contributed by atoms with Crippen molar-refractivity contribution >= 4 is 40.5 Å². The number of aryl methyl sites for hydroxylation is 1. The summed E-state index contributed by atoms with van der Waals surface area (Å²) in [6, 6.07) is 5.28. The van der Waals surface area contributed by atoms with Crippen LogP contribution in [-0.2, 0) is 0 Å². The average Bonchev–Trinajstić information content (AvgIpc) is 2.30. The predicted octanol–water partition coefficient (Wildman–Crippen LogP) is 3.73. The molecule has 1 aromatic heterocycles. The molecule has 0 unspecified atom stereocenters. The molecule has 0 aliphatic heterocycles. The molecule has 0 saturated heterocycles. The van der Waals surface area contributed by atoms with Gasteiger partial charge in [0.15, 0.2) is 0 Å². The molecule has 0 atom stereocenters. The maximum absolute atomic E-state index is 5.95. The minimum Gasteiger partial charge on any atom is -0.383 e. The zero-order valence-corrected chi connectivity index (χ0v) is 11.5. The molecule has 18 heavy (non-hydrogen) atoms. The number of nitrogens with one attached hydrogen (secondary N) is 1. The van der Waals surface area contributed by atoms with Gasteiger partial charge in [0.05, 0.1) is 10.0 Å². The number of rotatable bonds is 2. The van der Waals surface area contributed by atoms with E-state index in [1.54, 1.807) is 19.1 Å². The molecule has 4 nitrogen and oxygen atoms in total. The Morgan fingerprint density at radius 2 is 1.83 bits per heavy atom. The number of benzene rings is 1. The van der Waals surface area contributed by atoms with E-state index in [-0.39, 0.29) is 0 Å². The van der Waals surface area contributed by atoms with Gasteiger partial charge in [0, 0.05) is 11.3 Å². The molecule has 0 fully saturated rings. The lowest BCUT2D eigenvalue weighted by molar-refractivity contribution is 1.04. The minimum atomic E-state index is 0.463. The molecule has 0 aliphatic rings. The Kier molecular flexibility index (Phi) is 3.59. The van der Waals surface area contributed by atoms with Crippen molar-refractivity contribution in [2.75, 3.05) is 11.1 Å². The van der Waals surface area contributed by atoms with Crippen LogP contribution in [0.4, 0.5) is 17.3 Å². The molecule has 0 radical (unpaired) electrons. The van der Waals surface area contributed by atoms with E-state index in [2.05, 4.69) is 15.3 Å². The van der Waals surface area contributed by atoms with E-state index in [4.69, 9.17) is 28.9 Å². The first-order chi connectivity index (χ1) is 8.47. The van der Waals surface area contributed by atoms with Crippen LogP contribution in [0.2, 0.25) is 10.0 Å². The van der Waals surface area contributed by atoms with Crippen LogP contribution in [0.15, 0.2) is 18.2 Å². The molecule has 0 aliphatic carbocycles. The maximum atomic E-state index is 5.95. The van der Waals surface area contributed by atoms with E-state index in [9.17, 15) is 0 Å². The van der Waals surface area contributed by atoms with E-state index in [1.807, 2.05) is 13.0 Å². The highest BCUT2D eigenvalue weighted by atomic mass is 35.5. The van der Waals surface area contributed by atoms with Crippen LogP contribution in [0.1, 0.15) is 11.4 Å². The van der Waals surface area contributed by atoms with Crippen molar-refractivity contribution in [3.05, 3.63) is 39.6 Å². The number of anilines is 3.